The molecule has 84 valence electrons. The van der Waals surface area contributed by atoms with Crippen LogP contribution in [0.25, 0.3) is 0 Å². The van der Waals surface area contributed by atoms with Gasteiger partial charge >= 0.3 is 0 Å². The Morgan fingerprint density at radius 2 is 1.93 bits per heavy atom. The predicted molar refractivity (Wildman–Crippen MR) is 60.3 cm³/mol. The number of rotatable bonds is 6. The maximum atomic E-state index is 9.75. The van der Waals surface area contributed by atoms with Gasteiger partial charge in [-0.3, -0.25) is 5.73 Å². The normalized spacial score (nSPS) is 14.6. The average molecular weight is 209 g/mol. The number of hydrogen-bond donors (Lipinski definition) is 2. The van der Waals surface area contributed by atoms with Crippen LogP contribution in [0.1, 0.15) is 32.6 Å². The van der Waals surface area contributed by atoms with Crippen molar-refractivity contribution in [2.24, 2.45) is 5.73 Å². The number of nitrogens with two attached hydrogens (primary N) is 1. The zero-order valence-corrected chi connectivity index (χ0v) is 9.15. The van der Waals surface area contributed by atoms with Crippen molar-refractivity contribution in [2.45, 2.75) is 38.5 Å². The lowest BCUT2D eigenvalue weighted by atomic mass is 10.1. The molecule has 0 aliphatic heterocycles. The fraction of sp³-hybridized carbons (Fsp3) is 0.500. The molecule has 0 amide bonds. The smallest absolute Gasteiger partial charge is 0.265 e. The molecule has 0 aliphatic rings. The molecule has 1 atom stereocenters. The molecule has 0 saturated heterocycles. The van der Waals surface area contributed by atoms with Crippen LogP contribution in [0.2, 0.25) is 0 Å². The van der Waals surface area contributed by atoms with Gasteiger partial charge in [0.1, 0.15) is 5.75 Å². The first-order valence-corrected chi connectivity index (χ1v) is 5.39. The van der Waals surface area contributed by atoms with E-state index in [-0.39, 0.29) is 0 Å². The second-order valence-electron chi connectivity index (χ2n) is 3.72. The first kappa shape index (κ1) is 12.0. The van der Waals surface area contributed by atoms with Crippen molar-refractivity contribution in [3.63, 3.8) is 0 Å². The molecule has 1 unspecified atom stereocenters. The topological polar surface area (TPSA) is 55.5 Å². The van der Waals surface area contributed by atoms with Crippen LogP contribution in [0.5, 0.6) is 5.75 Å². The highest BCUT2D eigenvalue weighted by Gasteiger charge is 2.22. The van der Waals surface area contributed by atoms with Crippen LogP contribution in [-0.4, -0.2) is 11.0 Å². The fourth-order valence-corrected chi connectivity index (χ4v) is 1.37. The zero-order chi connectivity index (χ0) is 11.1. The van der Waals surface area contributed by atoms with Gasteiger partial charge in [0.05, 0.1) is 0 Å². The van der Waals surface area contributed by atoms with E-state index in [4.69, 9.17) is 10.5 Å². The molecule has 0 saturated carbocycles. The summed E-state index contributed by atoms with van der Waals surface area (Å²) in [6.45, 7) is 2.10. The van der Waals surface area contributed by atoms with E-state index in [0.29, 0.717) is 12.2 Å². The summed E-state index contributed by atoms with van der Waals surface area (Å²) in [4.78, 5) is 0. The van der Waals surface area contributed by atoms with Crippen LogP contribution in [0.15, 0.2) is 30.3 Å². The lowest BCUT2D eigenvalue weighted by Gasteiger charge is -2.24. The lowest BCUT2D eigenvalue weighted by Crippen LogP contribution is -2.45. The van der Waals surface area contributed by atoms with Gasteiger partial charge in [-0.2, -0.15) is 0 Å². The maximum Gasteiger partial charge on any atom is 0.265 e. The molecule has 3 nitrogen and oxygen atoms in total. The van der Waals surface area contributed by atoms with E-state index in [0.717, 1.165) is 19.3 Å². The van der Waals surface area contributed by atoms with Crippen molar-refractivity contribution in [3.8, 4) is 5.75 Å². The molecule has 0 aromatic heterocycles. The quantitative estimate of drug-likeness (QED) is 0.558. The van der Waals surface area contributed by atoms with Gasteiger partial charge in [0.15, 0.2) is 0 Å². The van der Waals surface area contributed by atoms with Crippen LogP contribution in [-0.2, 0) is 0 Å². The number of aliphatic hydroxyl groups is 1. The molecule has 0 bridgehead atoms. The minimum atomic E-state index is -1.55. The summed E-state index contributed by atoms with van der Waals surface area (Å²) in [5.74, 6) is -0.949. The van der Waals surface area contributed by atoms with Gasteiger partial charge in [-0.05, 0) is 18.6 Å². The number of hydrogen-bond acceptors (Lipinski definition) is 3. The highest BCUT2D eigenvalue weighted by molar-refractivity contribution is 5.21. The van der Waals surface area contributed by atoms with Crippen molar-refractivity contribution in [2.75, 3.05) is 0 Å². The Kier molecular flexibility index (Phi) is 4.59. The average Bonchev–Trinajstić information content (AvgIpc) is 2.18. The van der Waals surface area contributed by atoms with E-state index in [1.807, 2.05) is 18.2 Å². The Hall–Kier alpha value is -1.06. The highest BCUT2D eigenvalue weighted by atomic mass is 16.6. The summed E-state index contributed by atoms with van der Waals surface area (Å²) in [6.07, 6.45) is 3.48. The van der Waals surface area contributed by atoms with Gasteiger partial charge in [0.2, 0.25) is 0 Å². The van der Waals surface area contributed by atoms with Crippen molar-refractivity contribution in [1.82, 2.24) is 0 Å². The standard InChI is InChI=1S/C12H19NO2/c1-2-3-7-10-12(13,14)15-11-8-5-4-6-9-11/h4-6,8-9,14H,2-3,7,10,13H2,1H3. The third-order valence-corrected chi connectivity index (χ3v) is 2.18. The Bertz CT molecular complexity index is 272. The van der Waals surface area contributed by atoms with E-state index in [9.17, 15) is 5.11 Å². The second kappa shape index (κ2) is 5.73. The first-order chi connectivity index (χ1) is 7.14. The molecular formula is C12H19NO2. The molecule has 3 N–H and O–H groups in total. The van der Waals surface area contributed by atoms with Gasteiger partial charge in [0, 0.05) is 6.42 Å². The Labute approximate surface area is 90.9 Å². The van der Waals surface area contributed by atoms with Gasteiger partial charge in [-0.1, -0.05) is 38.0 Å². The number of para-hydroxylation sites is 1. The molecule has 1 aromatic carbocycles. The van der Waals surface area contributed by atoms with Crippen molar-refractivity contribution in [3.05, 3.63) is 30.3 Å². The molecular weight excluding hydrogens is 190 g/mol. The summed E-state index contributed by atoms with van der Waals surface area (Å²) in [5, 5.41) is 9.75. The molecule has 0 radical (unpaired) electrons. The third-order valence-electron chi connectivity index (χ3n) is 2.18. The molecule has 0 spiro atoms. The highest BCUT2D eigenvalue weighted by Crippen LogP contribution is 2.17. The number of ether oxygens (including phenoxy) is 1. The first-order valence-electron chi connectivity index (χ1n) is 5.39. The minimum absolute atomic E-state index is 0.454. The molecule has 15 heavy (non-hydrogen) atoms. The van der Waals surface area contributed by atoms with Crippen molar-refractivity contribution < 1.29 is 9.84 Å². The fourth-order valence-electron chi connectivity index (χ4n) is 1.37. The van der Waals surface area contributed by atoms with Gasteiger partial charge in [-0.15, -0.1) is 0 Å². The van der Waals surface area contributed by atoms with Crippen molar-refractivity contribution in [1.29, 1.82) is 0 Å². The second-order valence-corrected chi connectivity index (χ2v) is 3.72. The van der Waals surface area contributed by atoms with E-state index >= 15 is 0 Å². The lowest BCUT2D eigenvalue weighted by molar-refractivity contribution is -0.138. The van der Waals surface area contributed by atoms with E-state index in [1.165, 1.54) is 0 Å². The molecule has 3 heteroatoms. The molecule has 0 aliphatic carbocycles. The Balaban J connectivity index is 2.42. The molecule has 1 rings (SSSR count). The third kappa shape index (κ3) is 4.81. The molecule has 1 aromatic rings. The minimum Gasteiger partial charge on any atom is -0.449 e. The van der Waals surface area contributed by atoms with Crippen LogP contribution in [0.3, 0.4) is 0 Å². The van der Waals surface area contributed by atoms with E-state index in [2.05, 4.69) is 6.92 Å². The number of unbranched alkanes of at least 4 members (excludes halogenated alkanes) is 2. The molecule has 0 fully saturated rings. The maximum absolute atomic E-state index is 9.75. The molecule has 0 heterocycles. The summed E-state index contributed by atoms with van der Waals surface area (Å²) in [6, 6.07) is 9.13. The predicted octanol–water partition coefficient (Wildman–Crippen LogP) is 2.25. The van der Waals surface area contributed by atoms with Crippen molar-refractivity contribution >= 4 is 0 Å². The summed E-state index contributed by atoms with van der Waals surface area (Å²) in [7, 11) is 0. The zero-order valence-electron chi connectivity index (χ0n) is 9.15. The Morgan fingerprint density at radius 3 is 2.53 bits per heavy atom. The van der Waals surface area contributed by atoms with Gasteiger partial charge in [-0.25, -0.2) is 0 Å². The Morgan fingerprint density at radius 1 is 1.27 bits per heavy atom. The summed E-state index contributed by atoms with van der Waals surface area (Å²) < 4.78 is 5.28. The summed E-state index contributed by atoms with van der Waals surface area (Å²) >= 11 is 0. The SMILES string of the molecule is CCCCCC(N)(O)Oc1ccccc1. The van der Waals surface area contributed by atoms with Crippen LogP contribution < -0.4 is 10.5 Å². The monoisotopic (exact) mass is 209 g/mol. The summed E-state index contributed by atoms with van der Waals surface area (Å²) in [5.41, 5.74) is 5.62. The van der Waals surface area contributed by atoms with Crippen LogP contribution in [0, 0.1) is 0 Å². The van der Waals surface area contributed by atoms with Gasteiger partial charge in [0.25, 0.3) is 5.91 Å². The van der Waals surface area contributed by atoms with Crippen LogP contribution in [0.4, 0.5) is 0 Å². The number of benzene rings is 1. The van der Waals surface area contributed by atoms with E-state index in [1.54, 1.807) is 12.1 Å². The van der Waals surface area contributed by atoms with Crippen LogP contribution >= 0.6 is 0 Å². The largest absolute Gasteiger partial charge is 0.449 e. The van der Waals surface area contributed by atoms with Gasteiger partial charge < -0.3 is 9.84 Å². The van der Waals surface area contributed by atoms with E-state index < -0.39 is 5.91 Å².